The summed E-state index contributed by atoms with van der Waals surface area (Å²) < 4.78 is 72.9. The quantitative estimate of drug-likeness (QED) is 0.470. The second kappa shape index (κ2) is 8.11. The fourth-order valence-electron chi connectivity index (χ4n) is 3.35. The molecule has 11 nitrogen and oxygen atoms in total. The first-order valence-electron chi connectivity index (χ1n) is 9.68. The van der Waals surface area contributed by atoms with Crippen molar-refractivity contribution < 1.29 is 31.5 Å². The molecule has 1 fully saturated rings. The molecule has 1 aliphatic rings. The van der Waals surface area contributed by atoms with Crippen LogP contribution in [0.5, 0.6) is 0 Å². The number of hydrogen-bond donors (Lipinski definition) is 3. The Bertz CT molecular complexity index is 1350. The lowest BCUT2D eigenvalue weighted by molar-refractivity contribution is -0.151. The zero-order valence-electron chi connectivity index (χ0n) is 17.2. The topological polar surface area (TPSA) is 137 Å². The zero-order chi connectivity index (χ0) is 24.8. The standard InChI is InChI=1S/C18H16F5N7O4/c1-8(18(21,22)23)26-16(33)34-12-6-29(7-17(12,19)20)11-4-10(28-30-3-2-24-13(11)30)9-5-25-15(32)27-14(9)31/h2-5,8,12H,6-7H2,1H3,(H,26,33)(H2,25,27,31,32). The average molecular weight is 489 g/mol. The molecule has 182 valence electrons. The molecule has 1 aliphatic heterocycles. The minimum Gasteiger partial charge on any atom is -0.438 e. The molecule has 4 rings (SSSR count). The molecule has 2 unspecified atom stereocenters. The third-order valence-electron chi connectivity index (χ3n) is 5.11. The molecule has 2 atom stereocenters. The van der Waals surface area contributed by atoms with Gasteiger partial charge in [0.2, 0.25) is 0 Å². The van der Waals surface area contributed by atoms with Gasteiger partial charge in [-0.25, -0.2) is 27.9 Å². The Balaban J connectivity index is 1.63. The highest BCUT2D eigenvalue weighted by Gasteiger charge is 2.52. The number of halogens is 5. The molecular formula is C18H16F5N7O4. The van der Waals surface area contributed by atoms with Crippen molar-refractivity contribution in [2.24, 2.45) is 0 Å². The summed E-state index contributed by atoms with van der Waals surface area (Å²) in [5.41, 5.74) is -1.34. The maximum Gasteiger partial charge on any atom is 0.408 e. The zero-order valence-corrected chi connectivity index (χ0v) is 17.2. The number of aromatic amines is 2. The highest BCUT2D eigenvalue weighted by atomic mass is 19.4. The van der Waals surface area contributed by atoms with Gasteiger partial charge in [0.15, 0.2) is 11.8 Å². The van der Waals surface area contributed by atoms with E-state index in [1.807, 2.05) is 4.98 Å². The summed E-state index contributed by atoms with van der Waals surface area (Å²) in [6.07, 6.45) is -4.64. The van der Waals surface area contributed by atoms with E-state index in [0.717, 1.165) is 11.1 Å². The first-order chi connectivity index (χ1) is 15.8. The van der Waals surface area contributed by atoms with E-state index in [9.17, 15) is 36.3 Å². The molecular weight excluding hydrogens is 473 g/mol. The number of H-pyrrole nitrogens is 2. The van der Waals surface area contributed by atoms with Crippen molar-refractivity contribution in [2.75, 3.05) is 18.0 Å². The van der Waals surface area contributed by atoms with Gasteiger partial charge >= 0.3 is 23.9 Å². The molecule has 0 radical (unpaired) electrons. The number of rotatable bonds is 4. The van der Waals surface area contributed by atoms with Gasteiger partial charge < -0.3 is 19.9 Å². The van der Waals surface area contributed by atoms with E-state index in [0.29, 0.717) is 6.92 Å². The van der Waals surface area contributed by atoms with Crippen LogP contribution in [0.15, 0.2) is 34.2 Å². The Hall–Kier alpha value is -3.98. The number of amides is 1. The van der Waals surface area contributed by atoms with Crippen molar-refractivity contribution in [3.8, 4) is 11.3 Å². The van der Waals surface area contributed by atoms with Gasteiger partial charge in [-0.1, -0.05) is 0 Å². The van der Waals surface area contributed by atoms with Crippen LogP contribution in [0.1, 0.15) is 6.92 Å². The summed E-state index contributed by atoms with van der Waals surface area (Å²) in [7, 11) is 0. The number of hydrogen-bond acceptors (Lipinski definition) is 7. The molecule has 1 amide bonds. The molecule has 3 aromatic heterocycles. The van der Waals surface area contributed by atoms with Gasteiger partial charge in [-0.05, 0) is 13.0 Å². The number of anilines is 1. The predicted molar refractivity (Wildman–Crippen MR) is 106 cm³/mol. The van der Waals surface area contributed by atoms with Gasteiger partial charge in [-0.2, -0.15) is 18.3 Å². The Morgan fingerprint density at radius 1 is 1.35 bits per heavy atom. The van der Waals surface area contributed by atoms with Gasteiger partial charge in [0.1, 0.15) is 11.7 Å². The molecule has 3 aromatic rings. The number of aromatic nitrogens is 5. The second-order valence-corrected chi connectivity index (χ2v) is 7.54. The molecule has 0 aliphatic carbocycles. The van der Waals surface area contributed by atoms with Crippen molar-refractivity contribution in [2.45, 2.75) is 31.2 Å². The van der Waals surface area contributed by atoms with Crippen LogP contribution in [0.4, 0.5) is 32.4 Å². The van der Waals surface area contributed by atoms with Crippen LogP contribution in [-0.4, -0.2) is 68.0 Å². The third-order valence-corrected chi connectivity index (χ3v) is 5.11. The summed E-state index contributed by atoms with van der Waals surface area (Å²) in [4.78, 5) is 44.7. The van der Waals surface area contributed by atoms with Gasteiger partial charge in [-0.15, -0.1) is 0 Å². The largest absolute Gasteiger partial charge is 0.438 e. The van der Waals surface area contributed by atoms with E-state index in [1.165, 1.54) is 28.3 Å². The van der Waals surface area contributed by atoms with Crippen molar-refractivity contribution in [1.29, 1.82) is 0 Å². The SMILES string of the molecule is CC(NC(=O)OC1CN(c2cc(-c3c[nH]c(=O)[nH]c3=O)nn3ccnc23)CC1(F)F)C(F)(F)F. The lowest BCUT2D eigenvalue weighted by atomic mass is 10.2. The second-order valence-electron chi connectivity index (χ2n) is 7.54. The highest BCUT2D eigenvalue weighted by molar-refractivity contribution is 5.75. The van der Waals surface area contributed by atoms with Crippen LogP contribution in [0.2, 0.25) is 0 Å². The predicted octanol–water partition coefficient (Wildman–Crippen LogP) is 1.27. The van der Waals surface area contributed by atoms with Crippen LogP contribution in [-0.2, 0) is 4.74 Å². The van der Waals surface area contributed by atoms with Crippen LogP contribution in [0.3, 0.4) is 0 Å². The summed E-state index contributed by atoms with van der Waals surface area (Å²) in [5.74, 6) is -3.61. The van der Waals surface area contributed by atoms with Crippen LogP contribution < -0.4 is 21.5 Å². The molecule has 16 heteroatoms. The minimum atomic E-state index is -4.78. The Morgan fingerprint density at radius 3 is 2.76 bits per heavy atom. The monoisotopic (exact) mass is 489 g/mol. The first kappa shape index (κ1) is 23.2. The summed E-state index contributed by atoms with van der Waals surface area (Å²) in [6, 6.07) is -1.01. The lowest BCUT2D eigenvalue weighted by Crippen LogP contribution is -2.46. The van der Waals surface area contributed by atoms with Gasteiger partial charge in [-0.3, -0.25) is 9.78 Å². The van der Waals surface area contributed by atoms with Crippen LogP contribution in [0, 0.1) is 0 Å². The molecule has 34 heavy (non-hydrogen) atoms. The normalized spacial score (nSPS) is 18.8. The average Bonchev–Trinajstić information content (AvgIpc) is 3.30. The van der Waals surface area contributed by atoms with Gasteiger partial charge in [0.25, 0.3) is 5.56 Å². The summed E-state index contributed by atoms with van der Waals surface area (Å²) in [5, 5.41) is 5.66. The van der Waals surface area contributed by atoms with Crippen LogP contribution in [0.25, 0.3) is 16.9 Å². The number of nitrogens with one attached hydrogen (secondary N) is 3. The van der Waals surface area contributed by atoms with Crippen molar-refractivity contribution in [3.63, 3.8) is 0 Å². The van der Waals surface area contributed by atoms with E-state index < -0.39 is 54.7 Å². The Kier molecular flexibility index (Phi) is 5.53. The molecule has 0 aromatic carbocycles. The number of carbonyl (C=O) groups is 1. The Labute approximate surface area is 185 Å². The smallest absolute Gasteiger partial charge is 0.408 e. The van der Waals surface area contributed by atoms with E-state index >= 15 is 0 Å². The third kappa shape index (κ3) is 4.42. The fraction of sp³-hybridized carbons (Fsp3) is 0.389. The van der Waals surface area contributed by atoms with Gasteiger partial charge in [0, 0.05) is 18.6 Å². The van der Waals surface area contributed by atoms with Crippen LogP contribution >= 0.6 is 0 Å². The van der Waals surface area contributed by atoms with E-state index in [-0.39, 0.29) is 22.6 Å². The van der Waals surface area contributed by atoms with Crippen molar-refractivity contribution in [3.05, 3.63) is 45.5 Å². The number of nitrogens with zero attached hydrogens (tertiary/aromatic N) is 4. The number of imidazole rings is 1. The van der Waals surface area contributed by atoms with E-state index in [2.05, 4.69) is 19.8 Å². The van der Waals surface area contributed by atoms with Crippen molar-refractivity contribution >= 4 is 17.4 Å². The molecule has 0 saturated carbocycles. The number of ether oxygens (including phenoxy) is 1. The fourth-order valence-corrected chi connectivity index (χ4v) is 3.35. The molecule has 0 spiro atoms. The molecule has 0 bridgehead atoms. The summed E-state index contributed by atoms with van der Waals surface area (Å²) >= 11 is 0. The number of alkyl halides is 5. The lowest BCUT2D eigenvalue weighted by Gasteiger charge is -2.21. The maximum atomic E-state index is 14.6. The highest BCUT2D eigenvalue weighted by Crippen LogP contribution is 2.36. The maximum absolute atomic E-state index is 14.6. The number of fused-ring (bicyclic) bond motifs is 1. The van der Waals surface area contributed by atoms with Gasteiger partial charge in [0.05, 0.1) is 24.3 Å². The number of carbonyl (C=O) groups excluding carboxylic acids is 1. The molecule has 1 saturated heterocycles. The molecule has 4 heterocycles. The minimum absolute atomic E-state index is 0.0161. The first-order valence-corrected chi connectivity index (χ1v) is 9.68. The number of alkyl carbamates (subject to hydrolysis) is 1. The van der Waals surface area contributed by atoms with E-state index in [4.69, 9.17) is 0 Å². The van der Waals surface area contributed by atoms with Crippen molar-refractivity contribution in [1.82, 2.24) is 29.9 Å². The summed E-state index contributed by atoms with van der Waals surface area (Å²) in [6.45, 7) is -0.880. The van der Waals surface area contributed by atoms with E-state index in [1.54, 1.807) is 0 Å². The Morgan fingerprint density at radius 2 is 2.09 bits per heavy atom. The molecule has 3 N–H and O–H groups in total.